The van der Waals surface area contributed by atoms with Gasteiger partial charge in [-0.3, -0.25) is 9.67 Å². The zero-order chi connectivity index (χ0) is 10.8. The molecule has 0 radical (unpaired) electrons. The zero-order valence-corrected chi connectivity index (χ0v) is 8.35. The van der Waals surface area contributed by atoms with Gasteiger partial charge in [0.1, 0.15) is 0 Å². The third-order valence-electron chi connectivity index (χ3n) is 1.35. The van der Waals surface area contributed by atoms with Crippen LogP contribution in [0.5, 0.6) is 0 Å². The van der Waals surface area contributed by atoms with E-state index in [4.69, 9.17) is 0 Å². The fourth-order valence-corrected chi connectivity index (χ4v) is 1.52. The van der Waals surface area contributed by atoms with E-state index in [-0.39, 0.29) is 28.8 Å². The predicted molar refractivity (Wildman–Crippen MR) is 48.8 cm³/mol. The summed E-state index contributed by atoms with van der Waals surface area (Å²) in [5.41, 5.74) is -4.80. The maximum absolute atomic E-state index is 11.7. The molecule has 0 aliphatic carbocycles. The molecule has 9 heteroatoms. The van der Waals surface area contributed by atoms with Crippen molar-refractivity contribution >= 4 is 24.0 Å². The van der Waals surface area contributed by atoms with Crippen LogP contribution in [0.4, 0.5) is 13.2 Å². The molecule has 1 rings (SSSR count). The number of alkyl halides is 3. The fourth-order valence-electron chi connectivity index (χ4n) is 0.790. The van der Waals surface area contributed by atoms with Crippen LogP contribution in [0, 0.1) is 4.77 Å². The molecule has 0 atom stereocenters. The first kappa shape index (κ1) is 11.4. The van der Waals surface area contributed by atoms with Crippen molar-refractivity contribution in [3.05, 3.63) is 15.3 Å². The van der Waals surface area contributed by atoms with Crippen molar-refractivity contribution in [2.45, 2.75) is 12.1 Å². The van der Waals surface area contributed by atoms with Gasteiger partial charge in [0.2, 0.25) is 0 Å². The first-order valence-corrected chi connectivity index (χ1v) is 4.88. The monoisotopic (exact) mass is 245 g/mol. The van der Waals surface area contributed by atoms with E-state index in [0.29, 0.717) is 0 Å². The minimum Gasteiger partial charge on any atom is -0.272 e. The first-order chi connectivity index (χ1) is 6.40. The van der Waals surface area contributed by atoms with E-state index in [1.807, 2.05) is 0 Å². The Bertz CT molecular complexity index is 376. The van der Waals surface area contributed by atoms with Gasteiger partial charge >= 0.3 is 11.2 Å². The normalized spacial score (nSPS) is 11.9. The van der Waals surface area contributed by atoms with E-state index < -0.39 is 11.2 Å². The number of rotatable bonds is 3. The number of aromatic amines is 2. The van der Waals surface area contributed by atoms with Crippen molar-refractivity contribution in [2.24, 2.45) is 0 Å². The van der Waals surface area contributed by atoms with Crippen molar-refractivity contribution in [2.75, 3.05) is 5.75 Å². The standard InChI is InChI=1S/C5H6F3N3OS2/c6-5(7,8)14-2-1-11-3(12)9-10-4(11)13/h1-2H2,(H,9,12)(H,10,13). The average Bonchev–Trinajstić information content (AvgIpc) is 2.33. The predicted octanol–water partition coefficient (Wildman–Crippen LogP) is 1.49. The molecule has 0 unspecified atom stereocenters. The summed E-state index contributed by atoms with van der Waals surface area (Å²) in [6, 6.07) is 0. The number of H-pyrrole nitrogens is 2. The highest BCUT2D eigenvalue weighted by atomic mass is 32.2. The van der Waals surface area contributed by atoms with Crippen molar-refractivity contribution in [3.63, 3.8) is 0 Å². The molecule has 1 aromatic heterocycles. The highest BCUT2D eigenvalue weighted by molar-refractivity contribution is 8.00. The summed E-state index contributed by atoms with van der Waals surface area (Å²) in [6.07, 6.45) is 0. The maximum Gasteiger partial charge on any atom is 0.441 e. The van der Waals surface area contributed by atoms with Crippen molar-refractivity contribution in [1.29, 1.82) is 0 Å². The first-order valence-electron chi connectivity index (χ1n) is 3.48. The number of thioether (sulfide) groups is 1. The van der Waals surface area contributed by atoms with Crippen LogP contribution < -0.4 is 5.69 Å². The lowest BCUT2D eigenvalue weighted by Gasteiger charge is -2.04. The second kappa shape index (κ2) is 4.22. The second-order valence-electron chi connectivity index (χ2n) is 2.31. The highest BCUT2D eigenvalue weighted by Gasteiger charge is 2.27. The quantitative estimate of drug-likeness (QED) is 0.793. The summed E-state index contributed by atoms with van der Waals surface area (Å²) in [6.45, 7) is -0.0676. The molecule has 0 bridgehead atoms. The Morgan fingerprint density at radius 3 is 2.50 bits per heavy atom. The van der Waals surface area contributed by atoms with Gasteiger partial charge in [0.25, 0.3) is 0 Å². The van der Waals surface area contributed by atoms with Gasteiger partial charge in [-0.2, -0.15) is 13.2 Å². The molecule has 0 fully saturated rings. The molecule has 0 saturated carbocycles. The zero-order valence-electron chi connectivity index (χ0n) is 6.72. The Labute approximate surface area is 85.5 Å². The SMILES string of the molecule is O=c1[nH][nH]c(=S)n1CCSC(F)(F)F. The lowest BCUT2D eigenvalue weighted by molar-refractivity contribution is -0.0328. The lowest BCUT2D eigenvalue weighted by atomic mass is 10.7. The fraction of sp³-hybridized carbons (Fsp3) is 0.600. The largest absolute Gasteiger partial charge is 0.441 e. The Morgan fingerprint density at radius 1 is 1.43 bits per heavy atom. The molecule has 4 nitrogen and oxygen atoms in total. The van der Waals surface area contributed by atoms with Crippen LogP contribution in [0.1, 0.15) is 0 Å². The van der Waals surface area contributed by atoms with E-state index in [1.54, 1.807) is 0 Å². The van der Waals surface area contributed by atoms with Crippen LogP contribution in [0.2, 0.25) is 0 Å². The number of aromatic nitrogens is 3. The molecule has 14 heavy (non-hydrogen) atoms. The minimum atomic E-state index is -4.27. The lowest BCUT2D eigenvalue weighted by Crippen LogP contribution is -2.19. The van der Waals surface area contributed by atoms with Crippen LogP contribution in [-0.4, -0.2) is 26.0 Å². The number of nitrogens with zero attached hydrogens (tertiary/aromatic N) is 1. The number of hydrogen-bond acceptors (Lipinski definition) is 3. The summed E-state index contributed by atoms with van der Waals surface area (Å²) in [5.74, 6) is -0.237. The Kier molecular flexibility index (Phi) is 3.43. The molecule has 0 aliphatic heterocycles. The average molecular weight is 245 g/mol. The molecular weight excluding hydrogens is 239 g/mol. The van der Waals surface area contributed by atoms with Gasteiger partial charge in [0.15, 0.2) is 4.77 Å². The van der Waals surface area contributed by atoms with Crippen LogP contribution in [0.25, 0.3) is 0 Å². The van der Waals surface area contributed by atoms with E-state index in [9.17, 15) is 18.0 Å². The molecule has 80 valence electrons. The van der Waals surface area contributed by atoms with Crippen LogP contribution in [0.3, 0.4) is 0 Å². The van der Waals surface area contributed by atoms with E-state index in [2.05, 4.69) is 22.4 Å². The van der Waals surface area contributed by atoms with Crippen LogP contribution >= 0.6 is 24.0 Å². The minimum absolute atomic E-state index is 0.0676. The summed E-state index contributed by atoms with van der Waals surface area (Å²) < 4.78 is 36.3. The van der Waals surface area contributed by atoms with Gasteiger partial charge < -0.3 is 0 Å². The Balaban J connectivity index is 2.55. The number of hydrogen-bond donors (Lipinski definition) is 2. The molecule has 1 heterocycles. The summed E-state index contributed by atoms with van der Waals surface area (Å²) in [7, 11) is 0. The third-order valence-corrected chi connectivity index (χ3v) is 2.38. The van der Waals surface area contributed by atoms with Crippen molar-refractivity contribution in [1.82, 2.24) is 14.8 Å². The molecule has 0 aromatic carbocycles. The topological polar surface area (TPSA) is 53.6 Å². The van der Waals surface area contributed by atoms with Gasteiger partial charge in [-0.25, -0.2) is 9.89 Å². The van der Waals surface area contributed by atoms with Gasteiger partial charge in [-0.15, -0.1) is 0 Å². The smallest absolute Gasteiger partial charge is 0.272 e. The van der Waals surface area contributed by atoms with Crippen LogP contribution in [0.15, 0.2) is 4.79 Å². The summed E-state index contributed by atoms with van der Waals surface area (Å²) in [5, 5.41) is 4.51. The van der Waals surface area contributed by atoms with E-state index in [0.717, 1.165) is 4.57 Å². The molecule has 0 saturated heterocycles. The summed E-state index contributed by atoms with van der Waals surface area (Å²) in [4.78, 5) is 10.9. The molecule has 2 N–H and O–H groups in total. The third kappa shape index (κ3) is 3.22. The number of nitrogens with one attached hydrogen (secondary N) is 2. The van der Waals surface area contributed by atoms with Crippen LogP contribution in [-0.2, 0) is 6.54 Å². The van der Waals surface area contributed by atoms with Gasteiger partial charge in [0, 0.05) is 12.3 Å². The molecule has 0 spiro atoms. The van der Waals surface area contributed by atoms with Gasteiger partial charge in [-0.05, 0) is 24.0 Å². The second-order valence-corrected chi connectivity index (χ2v) is 3.85. The van der Waals surface area contributed by atoms with Gasteiger partial charge in [0.05, 0.1) is 0 Å². The van der Waals surface area contributed by atoms with E-state index in [1.165, 1.54) is 0 Å². The van der Waals surface area contributed by atoms with Crippen molar-refractivity contribution in [3.8, 4) is 0 Å². The molecule has 1 aromatic rings. The molecule has 0 aliphatic rings. The molecular formula is C5H6F3N3OS2. The Hall–Kier alpha value is -0.700. The summed E-state index contributed by atoms with van der Waals surface area (Å²) >= 11 is 4.48. The highest BCUT2D eigenvalue weighted by Crippen LogP contribution is 2.29. The maximum atomic E-state index is 11.7. The van der Waals surface area contributed by atoms with Crippen molar-refractivity contribution < 1.29 is 13.2 Å². The number of halogens is 3. The Morgan fingerprint density at radius 2 is 2.07 bits per heavy atom. The van der Waals surface area contributed by atoms with Gasteiger partial charge in [-0.1, -0.05) is 0 Å². The molecule has 0 amide bonds. The van der Waals surface area contributed by atoms with E-state index >= 15 is 0 Å².